The smallest absolute Gasteiger partial charge is 0.181 e. The zero-order chi connectivity index (χ0) is 18.2. The summed E-state index contributed by atoms with van der Waals surface area (Å²) < 4.78 is 1.76. The van der Waals surface area contributed by atoms with Crippen molar-refractivity contribution in [1.82, 2.24) is 24.7 Å². The Balaban J connectivity index is 1.35. The van der Waals surface area contributed by atoms with Gasteiger partial charge in [-0.3, -0.25) is 4.68 Å². The number of nitrogens with zero attached hydrogens (tertiary/aromatic N) is 5. The summed E-state index contributed by atoms with van der Waals surface area (Å²) in [7, 11) is 1.88. The molecular formula is C20H19N5OS. The van der Waals surface area contributed by atoms with Gasteiger partial charge in [-0.1, -0.05) is 0 Å². The van der Waals surface area contributed by atoms with Gasteiger partial charge in [0.25, 0.3) is 0 Å². The minimum atomic E-state index is -0.658. The Morgan fingerprint density at radius 3 is 2.78 bits per heavy atom. The topological polar surface area (TPSA) is 76.7 Å². The van der Waals surface area contributed by atoms with E-state index in [0.29, 0.717) is 11.7 Å². The number of thiophene rings is 1. The number of fused-ring (bicyclic) bond motifs is 2. The van der Waals surface area contributed by atoms with Crippen LogP contribution < -0.4 is 0 Å². The monoisotopic (exact) mass is 377 g/mol. The first kappa shape index (κ1) is 15.7. The second-order valence-electron chi connectivity index (χ2n) is 8.04. The molecule has 2 aliphatic rings. The van der Waals surface area contributed by atoms with E-state index >= 15 is 0 Å². The molecule has 0 unspecified atom stereocenters. The molecule has 7 heteroatoms. The Labute approximate surface area is 159 Å². The third-order valence-electron chi connectivity index (χ3n) is 5.95. The first-order chi connectivity index (χ1) is 13.1. The Morgan fingerprint density at radius 1 is 1.11 bits per heavy atom. The fourth-order valence-electron chi connectivity index (χ4n) is 4.26. The number of aliphatic hydroxyl groups is 1. The number of hydrogen-bond donors (Lipinski definition) is 1. The van der Waals surface area contributed by atoms with Crippen molar-refractivity contribution in [2.45, 2.75) is 31.3 Å². The Morgan fingerprint density at radius 2 is 1.96 bits per heavy atom. The van der Waals surface area contributed by atoms with Gasteiger partial charge in [0.05, 0.1) is 5.60 Å². The van der Waals surface area contributed by atoms with Crippen LogP contribution in [0.2, 0.25) is 0 Å². The number of aromatic nitrogens is 5. The van der Waals surface area contributed by atoms with Crippen molar-refractivity contribution in [3.8, 4) is 11.4 Å². The molecule has 0 radical (unpaired) electrons. The highest BCUT2D eigenvalue weighted by Crippen LogP contribution is 2.56. The van der Waals surface area contributed by atoms with Crippen molar-refractivity contribution >= 4 is 32.6 Å². The van der Waals surface area contributed by atoms with Crippen LogP contribution in [-0.2, 0) is 12.6 Å². The summed E-state index contributed by atoms with van der Waals surface area (Å²) in [5.41, 5.74) is 0.941. The highest BCUT2D eigenvalue weighted by Gasteiger charge is 2.50. The van der Waals surface area contributed by atoms with Crippen molar-refractivity contribution in [2.24, 2.45) is 18.9 Å². The molecule has 0 amide bonds. The van der Waals surface area contributed by atoms with E-state index < -0.39 is 5.60 Å². The first-order valence-corrected chi connectivity index (χ1v) is 10.2. The fourth-order valence-corrected chi connectivity index (χ4v) is 5.38. The molecule has 0 atom stereocenters. The van der Waals surface area contributed by atoms with E-state index in [4.69, 9.17) is 4.98 Å². The molecule has 136 valence electrons. The number of hydrogen-bond acceptors (Lipinski definition) is 6. The highest BCUT2D eigenvalue weighted by molar-refractivity contribution is 7.18. The molecule has 2 fully saturated rings. The molecule has 27 heavy (non-hydrogen) atoms. The van der Waals surface area contributed by atoms with E-state index in [0.717, 1.165) is 50.5 Å². The quantitative estimate of drug-likeness (QED) is 0.590. The minimum absolute atomic E-state index is 0.658. The van der Waals surface area contributed by atoms with Crippen LogP contribution in [-0.4, -0.2) is 29.8 Å². The van der Waals surface area contributed by atoms with Gasteiger partial charge in [0.2, 0.25) is 0 Å². The van der Waals surface area contributed by atoms with Gasteiger partial charge in [0.1, 0.15) is 4.83 Å². The third kappa shape index (κ3) is 2.49. The lowest BCUT2D eigenvalue weighted by atomic mass is 9.68. The van der Waals surface area contributed by atoms with E-state index in [1.807, 2.05) is 25.5 Å². The summed E-state index contributed by atoms with van der Waals surface area (Å²) in [6.45, 7) is 0. The average Bonchev–Trinajstić information content (AvgIpc) is 3.26. The summed E-state index contributed by atoms with van der Waals surface area (Å²) in [5.74, 6) is 2.23. The molecule has 0 spiro atoms. The first-order valence-electron chi connectivity index (χ1n) is 9.37. The molecule has 4 aromatic rings. The largest absolute Gasteiger partial charge is 0.384 e. The van der Waals surface area contributed by atoms with Crippen molar-refractivity contribution in [1.29, 1.82) is 0 Å². The van der Waals surface area contributed by atoms with Gasteiger partial charge in [0.15, 0.2) is 11.5 Å². The average molecular weight is 377 g/mol. The van der Waals surface area contributed by atoms with Gasteiger partial charge >= 0.3 is 0 Å². The summed E-state index contributed by atoms with van der Waals surface area (Å²) in [4.78, 5) is 15.6. The molecule has 2 aliphatic carbocycles. The van der Waals surface area contributed by atoms with Crippen LogP contribution in [0.3, 0.4) is 0 Å². The van der Waals surface area contributed by atoms with Crippen molar-refractivity contribution in [2.75, 3.05) is 0 Å². The molecule has 0 aliphatic heterocycles. The van der Waals surface area contributed by atoms with Crippen LogP contribution in [0.5, 0.6) is 0 Å². The second-order valence-corrected chi connectivity index (χ2v) is 9.07. The Bertz CT molecular complexity index is 1190. The van der Waals surface area contributed by atoms with Gasteiger partial charge in [-0.05, 0) is 49.7 Å². The van der Waals surface area contributed by atoms with Gasteiger partial charge < -0.3 is 5.11 Å². The minimum Gasteiger partial charge on any atom is -0.384 e. The number of aryl methyl sites for hydroxylation is 1. The molecule has 2 saturated carbocycles. The van der Waals surface area contributed by atoms with Crippen LogP contribution >= 0.6 is 11.3 Å². The summed E-state index contributed by atoms with van der Waals surface area (Å²) in [6.07, 6.45) is 10.0. The van der Waals surface area contributed by atoms with Gasteiger partial charge in [-0.2, -0.15) is 5.10 Å². The fraction of sp³-hybridized carbons (Fsp3) is 0.400. The van der Waals surface area contributed by atoms with Crippen LogP contribution in [0.25, 0.3) is 32.6 Å². The van der Waals surface area contributed by atoms with Gasteiger partial charge in [-0.15, -0.1) is 11.3 Å². The van der Waals surface area contributed by atoms with Crippen molar-refractivity contribution in [3.05, 3.63) is 35.6 Å². The lowest BCUT2D eigenvalue weighted by Gasteiger charge is -2.43. The zero-order valence-corrected chi connectivity index (χ0v) is 15.8. The maximum atomic E-state index is 11.0. The molecule has 4 heterocycles. The van der Waals surface area contributed by atoms with E-state index in [1.165, 1.54) is 12.8 Å². The number of pyridine rings is 1. The van der Waals surface area contributed by atoms with Crippen LogP contribution in [0, 0.1) is 11.8 Å². The van der Waals surface area contributed by atoms with Crippen LogP contribution in [0.15, 0.2) is 30.7 Å². The second kappa shape index (κ2) is 5.33. The van der Waals surface area contributed by atoms with E-state index in [2.05, 4.69) is 21.1 Å². The van der Waals surface area contributed by atoms with E-state index in [-0.39, 0.29) is 0 Å². The summed E-state index contributed by atoms with van der Waals surface area (Å²) >= 11 is 1.59. The van der Waals surface area contributed by atoms with Crippen molar-refractivity contribution in [3.63, 3.8) is 0 Å². The van der Waals surface area contributed by atoms with E-state index in [9.17, 15) is 5.11 Å². The molecule has 0 aromatic carbocycles. The Hall–Kier alpha value is -2.38. The predicted octanol–water partition coefficient (Wildman–Crippen LogP) is 3.65. The summed E-state index contributed by atoms with van der Waals surface area (Å²) in [6, 6.07) is 4.08. The van der Waals surface area contributed by atoms with Gasteiger partial charge in [0, 0.05) is 46.9 Å². The van der Waals surface area contributed by atoms with Gasteiger partial charge in [-0.25, -0.2) is 15.0 Å². The maximum Gasteiger partial charge on any atom is 0.181 e. The molecule has 4 aromatic heterocycles. The lowest BCUT2D eigenvalue weighted by Crippen LogP contribution is -2.41. The predicted molar refractivity (Wildman–Crippen MR) is 104 cm³/mol. The van der Waals surface area contributed by atoms with Crippen molar-refractivity contribution < 1.29 is 5.11 Å². The van der Waals surface area contributed by atoms with Crippen LogP contribution in [0.4, 0.5) is 0 Å². The molecule has 0 saturated heterocycles. The molecule has 6 rings (SSSR count). The number of rotatable bonds is 3. The highest BCUT2D eigenvalue weighted by atomic mass is 32.1. The Kier molecular flexibility index (Phi) is 3.09. The normalized spacial score (nSPS) is 25.2. The molecule has 0 bridgehead atoms. The van der Waals surface area contributed by atoms with E-state index in [1.54, 1.807) is 22.2 Å². The maximum absolute atomic E-state index is 11.0. The summed E-state index contributed by atoms with van der Waals surface area (Å²) in [5, 5.41) is 17.3. The molecular weight excluding hydrogens is 358 g/mol. The molecule has 6 nitrogen and oxygen atoms in total. The zero-order valence-electron chi connectivity index (χ0n) is 15.0. The lowest BCUT2D eigenvalue weighted by molar-refractivity contribution is -0.0835. The SMILES string of the molecule is Cn1cc2cc(-c3ncc4cc(C5(O)CC(C6CC6)C5)sc4n3)cnc2n1. The standard InChI is InChI=1S/C20H19N5OS/c1-25-10-14-4-12(8-22-18(14)24-25)17-21-9-13-5-16(27-19(13)23-17)20(26)6-15(7-20)11-2-3-11/h4-5,8-11,15,26H,2-3,6-7H2,1H3. The van der Waals surface area contributed by atoms with Crippen LogP contribution in [0.1, 0.15) is 30.6 Å². The molecule has 1 N–H and O–H groups in total. The third-order valence-corrected chi connectivity index (χ3v) is 7.19.